The molecule has 0 atom stereocenters. The second-order valence-corrected chi connectivity index (χ2v) is 6.01. The normalized spacial score (nSPS) is 10.3. The van der Waals surface area contributed by atoms with Gasteiger partial charge in [-0.25, -0.2) is 4.98 Å². The molecule has 0 fully saturated rings. The molecule has 0 bridgehead atoms. The van der Waals surface area contributed by atoms with Crippen LogP contribution in [0.1, 0.15) is 15.9 Å². The Morgan fingerprint density at radius 2 is 2.00 bits per heavy atom. The lowest BCUT2D eigenvalue weighted by molar-refractivity contribution is 0.102. The molecule has 3 rings (SSSR count). The SMILES string of the molecule is COc1cc(C(=O)Nc2nccs2)cc(OCCc2ccccc2)n1. The Hall–Kier alpha value is -2.93. The molecule has 0 aliphatic heterocycles. The minimum absolute atomic E-state index is 0.288. The molecule has 0 saturated heterocycles. The standard InChI is InChI=1S/C18H17N3O3S/c1-23-15-11-14(17(22)21-18-19-8-10-25-18)12-16(20-15)24-9-7-13-5-3-2-4-6-13/h2-6,8,10-12H,7,9H2,1H3,(H,19,21,22). The number of pyridine rings is 1. The Bertz CT molecular complexity index is 823. The van der Waals surface area contributed by atoms with E-state index < -0.39 is 0 Å². The number of amides is 1. The minimum Gasteiger partial charge on any atom is -0.481 e. The third kappa shape index (κ3) is 4.77. The van der Waals surface area contributed by atoms with Crippen LogP contribution in [0.3, 0.4) is 0 Å². The highest BCUT2D eigenvalue weighted by atomic mass is 32.1. The van der Waals surface area contributed by atoms with Gasteiger partial charge in [0.05, 0.1) is 19.3 Å². The van der Waals surface area contributed by atoms with Crippen LogP contribution in [0.2, 0.25) is 0 Å². The van der Waals surface area contributed by atoms with E-state index >= 15 is 0 Å². The Balaban J connectivity index is 1.67. The van der Waals surface area contributed by atoms with Crippen molar-refractivity contribution in [1.29, 1.82) is 0 Å². The number of aromatic nitrogens is 2. The lowest BCUT2D eigenvalue weighted by Crippen LogP contribution is -2.13. The number of rotatable bonds is 7. The summed E-state index contributed by atoms with van der Waals surface area (Å²) in [6, 6.07) is 13.2. The average molecular weight is 355 g/mol. The topological polar surface area (TPSA) is 73.3 Å². The number of carbonyl (C=O) groups excluding carboxylic acids is 1. The molecule has 0 radical (unpaired) electrons. The molecule has 7 heteroatoms. The third-order valence-electron chi connectivity index (χ3n) is 3.39. The highest BCUT2D eigenvalue weighted by Gasteiger charge is 2.12. The van der Waals surface area contributed by atoms with Gasteiger partial charge in [-0.2, -0.15) is 4.98 Å². The van der Waals surface area contributed by atoms with Crippen molar-refractivity contribution in [2.24, 2.45) is 0 Å². The maximum Gasteiger partial charge on any atom is 0.257 e. The van der Waals surface area contributed by atoms with Crippen molar-refractivity contribution in [3.8, 4) is 11.8 Å². The molecule has 25 heavy (non-hydrogen) atoms. The van der Waals surface area contributed by atoms with Gasteiger partial charge in [-0.05, 0) is 5.56 Å². The number of benzene rings is 1. The molecular weight excluding hydrogens is 338 g/mol. The Morgan fingerprint density at radius 1 is 1.20 bits per heavy atom. The fourth-order valence-electron chi connectivity index (χ4n) is 2.16. The van der Waals surface area contributed by atoms with E-state index in [1.807, 2.05) is 30.3 Å². The van der Waals surface area contributed by atoms with Crippen LogP contribution < -0.4 is 14.8 Å². The number of thiazole rings is 1. The van der Waals surface area contributed by atoms with Crippen LogP contribution in [-0.4, -0.2) is 29.6 Å². The Kier molecular flexibility index (Phi) is 5.58. The Morgan fingerprint density at radius 3 is 2.72 bits per heavy atom. The number of nitrogens with zero attached hydrogens (tertiary/aromatic N) is 2. The van der Waals surface area contributed by atoms with Gasteiger partial charge in [0, 0.05) is 30.1 Å². The number of ether oxygens (including phenoxy) is 2. The predicted molar refractivity (Wildman–Crippen MR) is 96.5 cm³/mol. The molecule has 0 saturated carbocycles. The maximum absolute atomic E-state index is 12.3. The maximum atomic E-state index is 12.3. The van der Waals surface area contributed by atoms with E-state index in [4.69, 9.17) is 9.47 Å². The summed E-state index contributed by atoms with van der Waals surface area (Å²) >= 11 is 1.35. The van der Waals surface area contributed by atoms with Crippen molar-refractivity contribution in [1.82, 2.24) is 9.97 Å². The van der Waals surface area contributed by atoms with Crippen LogP contribution in [0.5, 0.6) is 11.8 Å². The second kappa shape index (κ2) is 8.25. The summed E-state index contributed by atoms with van der Waals surface area (Å²) in [5.74, 6) is 0.379. The summed E-state index contributed by atoms with van der Waals surface area (Å²) in [6.07, 6.45) is 2.38. The second-order valence-electron chi connectivity index (χ2n) is 5.11. The zero-order valence-corrected chi connectivity index (χ0v) is 14.5. The number of methoxy groups -OCH3 is 1. The molecule has 2 aromatic heterocycles. The van der Waals surface area contributed by atoms with Crippen molar-refractivity contribution in [3.05, 3.63) is 65.2 Å². The van der Waals surface area contributed by atoms with Crippen molar-refractivity contribution in [3.63, 3.8) is 0 Å². The van der Waals surface area contributed by atoms with Gasteiger partial charge >= 0.3 is 0 Å². The van der Waals surface area contributed by atoms with Crippen LogP contribution in [0.15, 0.2) is 54.0 Å². The summed E-state index contributed by atoms with van der Waals surface area (Å²) < 4.78 is 10.9. The lowest BCUT2D eigenvalue weighted by Gasteiger charge is -2.09. The van der Waals surface area contributed by atoms with Crippen molar-refractivity contribution >= 4 is 22.4 Å². The quantitative estimate of drug-likeness (QED) is 0.703. The van der Waals surface area contributed by atoms with Gasteiger partial charge in [0.15, 0.2) is 5.13 Å². The van der Waals surface area contributed by atoms with Gasteiger partial charge in [-0.15, -0.1) is 11.3 Å². The number of anilines is 1. The molecule has 3 aromatic rings. The fraction of sp³-hybridized carbons (Fsp3) is 0.167. The molecule has 0 spiro atoms. The molecule has 0 aliphatic carbocycles. The van der Waals surface area contributed by atoms with E-state index in [2.05, 4.69) is 15.3 Å². The highest BCUT2D eigenvalue weighted by Crippen LogP contribution is 2.20. The largest absolute Gasteiger partial charge is 0.481 e. The van der Waals surface area contributed by atoms with Gasteiger partial charge in [0.1, 0.15) is 0 Å². The summed E-state index contributed by atoms with van der Waals surface area (Å²) in [5, 5.41) is 5.06. The minimum atomic E-state index is -0.288. The smallest absolute Gasteiger partial charge is 0.257 e. The zero-order chi connectivity index (χ0) is 17.5. The van der Waals surface area contributed by atoms with E-state index in [0.717, 1.165) is 6.42 Å². The average Bonchev–Trinajstić information content (AvgIpc) is 3.15. The monoisotopic (exact) mass is 355 g/mol. The van der Waals surface area contributed by atoms with E-state index in [0.29, 0.717) is 29.1 Å². The molecule has 0 unspecified atom stereocenters. The molecule has 128 valence electrons. The van der Waals surface area contributed by atoms with Crippen molar-refractivity contribution in [2.75, 3.05) is 19.0 Å². The van der Waals surface area contributed by atoms with E-state index in [1.54, 1.807) is 23.7 Å². The first-order valence-electron chi connectivity index (χ1n) is 7.68. The van der Waals surface area contributed by atoms with Crippen LogP contribution in [0.4, 0.5) is 5.13 Å². The van der Waals surface area contributed by atoms with Crippen LogP contribution in [0.25, 0.3) is 0 Å². The molecule has 1 aromatic carbocycles. The molecule has 2 heterocycles. The van der Waals surface area contributed by atoms with Gasteiger partial charge < -0.3 is 9.47 Å². The predicted octanol–water partition coefficient (Wildman–Crippen LogP) is 3.42. The number of nitrogens with one attached hydrogen (secondary N) is 1. The molecule has 0 aliphatic rings. The Labute approximate surface area is 149 Å². The van der Waals surface area contributed by atoms with Crippen molar-refractivity contribution in [2.45, 2.75) is 6.42 Å². The summed E-state index contributed by atoms with van der Waals surface area (Å²) in [4.78, 5) is 20.6. The number of hydrogen-bond acceptors (Lipinski definition) is 6. The van der Waals surface area contributed by atoms with E-state index in [9.17, 15) is 4.79 Å². The van der Waals surface area contributed by atoms with E-state index in [1.165, 1.54) is 24.0 Å². The zero-order valence-electron chi connectivity index (χ0n) is 13.6. The summed E-state index contributed by atoms with van der Waals surface area (Å²) in [6.45, 7) is 0.456. The van der Waals surface area contributed by atoms with Gasteiger partial charge in [0.25, 0.3) is 5.91 Å². The first-order valence-corrected chi connectivity index (χ1v) is 8.56. The number of hydrogen-bond donors (Lipinski definition) is 1. The van der Waals surface area contributed by atoms with Gasteiger partial charge in [0.2, 0.25) is 11.8 Å². The molecule has 6 nitrogen and oxygen atoms in total. The van der Waals surface area contributed by atoms with E-state index in [-0.39, 0.29) is 5.91 Å². The van der Waals surface area contributed by atoms with Crippen LogP contribution in [-0.2, 0) is 6.42 Å². The van der Waals surface area contributed by atoms with Crippen LogP contribution in [0, 0.1) is 0 Å². The van der Waals surface area contributed by atoms with Gasteiger partial charge in [-0.1, -0.05) is 30.3 Å². The summed E-state index contributed by atoms with van der Waals surface area (Å²) in [5.41, 5.74) is 1.57. The highest BCUT2D eigenvalue weighted by molar-refractivity contribution is 7.13. The third-order valence-corrected chi connectivity index (χ3v) is 4.07. The lowest BCUT2D eigenvalue weighted by atomic mass is 10.2. The van der Waals surface area contributed by atoms with Crippen molar-refractivity contribution < 1.29 is 14.3 Å². The molecule has 1 N–H and O–H groups in total. The van der Waals surface area contributed by atoms with Gasteiger partial charge in [-0.3, -0.25) is 10.1 Å². The molecular formula is C18H17N3O3S. The fourth-order valence-corrected chi connectivity index (χ4v) is 2.69. The number of carbonyl (C=O) groups is 1. The first-order chi connectivity index (χ1) is 12.2. The first kappa shape index (κ1) is 16.9. The summed E-state index contributed by atoms with van der Waals surface area (Å²) in [7, 11) is 1.50. The van der Waals surface area contributed by atoms with Crippen LogP contribution >= 0.6 is 11.3 Å². The molecule has 1 amide bonds.